The number of aromatic amines is 1. The van der Waals surface area contributed by atoms with E-state index in [4.69, 9.17) is 18.9 Å². The number of amides is 1. The Labute approximate surface area is 186 Å². The fraction of sp³-hybridized carbons (Fsp3) is 0.333. The van der Waals surface area contributed by atoms with Crippen molar-refractivity contribution in [1.29, 1.82) is 0 Å². The third kappa shape index (κ3) is 3.62. The molecule has 2 aromatic carbocycles. The summed E-state index contributed by atoms with van der Waals surface area (Å²) in [6, 6.07) is 11.1. The Hall–Kier alpha value is -3.68. The largest absolute Gasteiger partial charge is 0.497 e. The van der Waals surface area contributed by atoms with Crippen LogP contribution in [0.25, 0.3) is 11.3 Å². The van der Waals surface area contributed by atoms with Crippen LogP contribution in [-0.2, 0) is 0 Å². The number of carbonyl (C=O) groups is 1. The maximum atomic E-state index is 13.5. The fourth-order valence-corrected chi connectivity index (χ4v) is 4.30. The van der Waals surface area contributed by atoms with E-state index in [9.17, 15) is 4.79 Å². The number of carbonyl (C=O) groups excluding carboxylic acids is 1. The molecule has 0 bridgehead atoms. The Balaban J connectivity index is 1.42. The third-order valence-corrected chi connectivity index (χ3v) is 5.88. The molecule has 0 unspecified atom stereocenters. The van der Waals surface area contributed by atoms with E-state index in [1.54, 1.807) is 32.5 Å². The van der Waals surface area contributed by atoms with Crippen LogP contribution >= 0.6 is 0 Å². The molecular formula is C24H25N3O5. The van der Waals surface area contributed by atoms with Crippen LogP contribution in [0.2, 0.25) is 0 Å². The monoisotopic (exact) mass is 435 g/mol. The molecule has 3 aromatic rings. The van der Waals surface area contributed by atoms with E-state index in [0.717, 1.165) is 35.7 Å². The maximum Gasteiger partial charge on any atom is 0.254 e. The lowest BCUT2D eigenvalue weighted by molar-refractivity contribution is 0.0728. The number of benzene rings is 2. The molecule has 0 aliphatic carbocycles. The SMILES string of the molecule is COc1cccc(-c2cnc([C@H]3CCCN3C(=O)c3cc(OC)c4c(c3)OCCO4)[nH]2)c1. The van der Waals surface area contributed by atoms with Gasteiger partial charge in [-0.3, -0.25) is 4.79 Å². The van der Waals surface area contributed by atoms with Crippen molar-refractivity contribution < 1.29 is 23.7 Å². The maximum absolute atomic E-state index is 13.5. The minimum Gasteiger partial charge on any atom is -0.497 e. The highest BCUT2D eigenvalue weighted by Crippen LogP contribution is 2.41. The predicted octanol–water partition coefficient (Wildman–Crippen LogP) is 3.84. The molecule has 0 spiro atoms. The highest BCUT2D eigenvalue weighted by Gasteiger charge is 2.34. The minimum absolute atomic E-state index is 0.0814. The van der Waals surface area contributed by atoms with Crippen molar-refractivity contribution in [2.45, 2.75) is 18.9 Å². The van der Waals surface area contributed by atoms with Gasteiger partial charge in [0.15, 0.2) is 11.5 Å². The molecule has 2 aliphatic rings. The summed E-state index contributed by atoms with van der Waals surface area (Å²) in [5.41, 5.74) is 2.38. The second-order valence-electron chi connectivity index (χ2n) is 7.77. The summed E-state index contributed by atoms with van der Waals surface area (Å²) in [6.45, 7) is 1.56. The molecule has 5 rings (SSSR count). The summed E-state index contributed by atoms with van der Waals surface area (Å²) in [6.07, 6.45) is 3.56. The van der Waals surface area contributed by atoms with Gasteiger partial charge in [0, 0.05) is 17.7 Å². The summed E-state index contributed by atoms with van der Waals surface area (Å²) in [5.74, 6) is 3.05. The molecule has 3 heterocycles. The van der Waals surface area contributed by atoms with Crippen LogP contribution in [0.1, 0.15) is 35.1 Å². The van der Waals surface area contributed by atoms with Crippen molar-refractivity contribution in [3.8, 4) is 34.3 Å². The molecular weight excluding hydrogens is 410 g/mol. The molecule has 8 heteroatoms. The van der Waals surface area contributed by atoms with Gasteiger partial charge in [-0.25, -0.2) is 4.98 Å². The van der Waals surface area contributed by atoms with Gasteiger partial charge >= 0.3 is 0 Å². The van der Waals surface area contributed by atoms with Crippen LogP contribution in [0.3, 0.4) is 0 Å². The van der Waals surface area contributed by atoms with Crippen molar-refractivity contribution in [3.05, 3.63) is 54.0 Å². The number of methoxy groups -OCH3 is 2. The van der Waals surface area contributed by atoms with E-state index in [0.29, 0.717) is 42.6 Å². The number of hydrogen-bond donors (Lipinski definition) is 1. The lowest BCUT2D eigenvalue weighted by Gasteiger charge is -2.25. The van der Waals surface area contributed by atoms with Gasteiger partial charge in [0.1, 0.15) is 24.8 Å². The topological polar surface area (TPSA) is 85.9 Å². The molecule has 1 amide bonds. The molecule has 1 aromatic heterocycles. The number of rotatable bonds is 5. The lowest BCUT2D eigenvalue weighted by atomic mass is 10.1. The van der Waals surface area contributed by atoms with Crippen LogP contribution in [0.4, 0.5) is 0 Å². The van der Waals surface area contributed by atoms with Crippen molar-refractivity contribution in [2.24, 2.45) is 0 Å². The van der Waals surface area contributed by atoms with E-state index in [1.807, 2.05) is 29.2 Å². The lowest BCUT2D eigenvalue weighted by Crippen LogP contribution is -2.31. The molecule has 1 N–H and O–H groups in total. The van der Waals surface area contributed by atoms with Crippen molar-refractivity contribution >= 4 is 5.91 Å². The van der Waals surface area contributed by atoms with E-state index < -0.39 is 0 Å². The summed E-state index contributed by atoms with van der Waals surface area (Å²) < 4.78 is 22.1. The first kappa shape index (κ1) is 20.2. The average molecular weight is 435 g/mol. The highest BCUT2D eigenvalue weighted by atomic mass is 16.6. The average Bonchev–Trinajstić information content (AvgIpc) is 3.52. The second-order valence-corrected chi connectivity index (χ2v) is 7.77. The van der Waals surface area contributed by atoms with Gasteiger partial charge in [-0.2, -0.15) is 0 Å². The summed E-state index contributed by atoms with van der Waals surface area (Å²) >= 11 is 0. The summed E-state index contributed by atoms with van der Waals surface area (Å²) in [4.78, 5) is 23.3. The first-order chi connectivity index (χ1) is 15.7. The van der Waals surface area contributed by atoms with Crippen molar-refractivity contribution in [1.82, 2.24) is 14.9 Å². The van der Waals surface area contributed by atoms with Crippen molar-refractivity contribution in [2.75, 3.05) is 34.0 Å². The number of nitrogens with zero attached hydrogens (tertiary/aromatic N) is 2. The predicted molar refractivity (Wildman–Crippen MR) is 118 cm³/mol. The van der Waals surface area contributed by atoms with Gasteiger partial charge in [0.25, 0.3) is 5.91 Å². The number of likely N-dealkylation sites (tertiary alicyclic amines) is 1. The highest BCUT2D eigenvalue weighted by molar-refractivity contribution is 5.96. The Bertz CT molecular complexity index is 1130. The second kappa shape index (κ2) is 8.45. The number of hydrogen-bond acceptors (Lipinski definition) is 6. The molecule has 166 valence electrons. The van der Waals surface area contributed by atoms with Gasteiger partial charge in [-0.05, 0) is 37.1 Å². The van der Waals surface area contributed by atoms with Crippen LogP contribution in [0, 0.1) is 0 Å². The number of fused-ring (bicyclic) bond motifs is 1. The van der Waals surface area contributed by atoms with Crippen LogP contribution in [0.5, 0.6) is 23.0 Å². The van der Waals surface area contributed by atoms with E-state index >= 15 is 0 Å². The zero-order valence-electron chi connectivity index (χ0n) is 18.1. The molecule has 32 heavy (non-hydrogen) atoms. The van der Waals surface area contributed by atoms with Crippen molar-refractivity contribution in [3.63, 3.8) is 0 Å². The quantitative estimate of drug-likeness (QED) is 0.655. The Morgan fingerprint density at radius 3 is 2.88 bits per heavy atom. The first-order valence-electron chi connectivity index (χ1n) is 10.7. The molecule has 8 nitrogen and oxygen atoms in total. The van der Waals surface area contributed by atoms with E-state index in [2.05, 4.69) is 9.97 Å². The zero-order valence-corrected chi connectivity index (χ0v) is 18.1. The molecule has 1 fully saturated rings. The Morgan fingerprint density at radius 2 is 2.03 bits per heavy atom. The van der Waals surface area contributed by atoms with E-state index in [1.165, 1.54) is 0 Å². The minimum atomic E-state index is -0.124. The molecule has 2 aliphatic heterocycles. The Morgan fingerprint density at radius 1 is 1.16 bits per heavy atom. The number of H-pyrrole nitrogens is 1. The van der Waals surface area contributed by atoms with E-state index in [-0.39, 0.29) is 11.9 Å². The van der Waals surface area contributed by atoms with Crippen LogP contribution in [0.15, 0.2) is 42.6 Å². The Kier molecular flexibility index (Phi) is 5.34. The van der Waals surface area contributed by atoms with Gasteiger partial charge < -0.3 is 28.8 Å². The smallest absolute Gasteiger partial charge is 0.254 e. The van der Waals surface area contributed by atoms with Gasteiger partial charge in [0.05, 0.1) is 32.2 Å². The number of nitrogens with one attached hydrogen (secondary N) is 1. The summed E-state index contributed by atoms with van der Waals surface area (Å²) in [7, 11) is 3.20. The zero-order chi connectivity index (χ0) is 22.1. The third-order valence-electron chi connectivity index (χ3n) is 5.88. The number of ether oxygens (including phenoxy) is 4. The number of imidazole rings is 1. The molecule has 1 saturated heterocycles. The van der Waals surface area contributed by atoms with Crippen LogP contribution in [-0.4, -0.2) is 54.8 Å². The molecule has 0 radical (unpaired) electrons. The number of aromatic nitrogens is 2. The molecule has 0 saturated carbocycles. The van der Waals surface area contributed by atoms with Gasteiger partial charge in [-0.15, -0.1) is 0 Å². The standard InChI is InChI=1S/C24H25N3O5/c1-29-17-6-3-5-15(11-17)18-14-25-23(26-18)19-7-4-8-27(19)24(28)16-12-20(30-2)22-21(13-16)31-9-10-32-22/h3,5-6,11-14,19H,4,7-10H2,1-2H3,(H,25,26)/t19-/m1/s1. The van der Waals surface area contributed by atoms with Crippen LogP contribution < -0.4 is 18.9 Å². The fourth-order valence-electron chi connectivity index (χ4n) is 4.30. The molecule has 1 atom stereocenters. The van der Waals surface area contributed by atoms with Gasteiger partial charge in [-0.1, -0.05) is 12.1 Å². The first-order valence-corrected chi connectivity index (χ1v) is 10.7. The normalized spacial score (nSPS) is 17.3. The van der Waals surface area contributed by atoms with Gasteiger partial charge in [0.2, 0.25) is 5.75 Å². The summed E-state index contributed by atoms with van der Waals surface area (Å²) in [5, 5.41) is 0.